The molecule has 2 heteroatoms. The van der Waals surface area contributed by atoms with Crippen molar-refractivity contribution in [2.24, 2.45) is 0 Å². The van der Waals surface area contributed by atoms with Gasteiger partial charge < -0.3 is 0 Å². The maximum absolute atomic E-state index is 2.37. The van der Waals surface area contributed by atoms with Crippen LogP contribution >= 0.6 is 23.5 Å². The van der Waals surface area contributed by atoms with Crippen molar-refractivity contribution in [1.29, 1.82) is 0 Å². The van der Waals surface area contributed by atoms with E-state index in [0.29, 0.717) is 0 Å². The van der Waals surface area contributed by atoms with Gasteiger partial charge in [0.25, 0.3) is 0 Å². The lowest BCUT2D eigenvalue weighted by atomic mass is 9.92. The molecule has 1 aliphatic heterocycles. The molecule has 0 amide bonds. The number of hydrogen-bond donors (Lipinski definition) is 0. The van der Waals surface area contributed by atoms with Crippen LogP contribution in [0, 0.1) is 0 Å². The minimum absolute atomic E-state index is 1.29. The minimum atomic E-state index is 1.29. The molecule has 0 unspecified atom stereocenters. The molecule has 0 radical (unpaired) electrons. The molecule has 5 aromatic rings. The van der Waals surface area contributed by atoms with Gasteiger partial charge in [-0.05, 0) is 63.0 Å². The van der Waals surface area contributed by atoms with Crippen molar-refractivity contribution < 1.29 is 0 Å². The Hall–Kier alpha value is -2.68. The van der Waals surface area contributed by atoms with E-state index in [0.717, 1.165) is 0 Å². The molecule has 0 fully saturated rings. The Morgan fingerprint density at radius 3 is 1.64 bits per heavy atom. The van der Waals surface area contributed by atoms with Gasteiger partial charge in [-0.25, -0.2) is 0 Å². The summed E-state index contributed by atoms with van der Waals surface area (Å²) in [5.41, 5.74) is 2.63. The molecule has 0 aromatic heterocycles. The van der Waals surface area contributed by atoms with Crippen molar-refractivity contribution in [2.45, 2.75) is 19.6 Å². The van der Waals surface area contributed by atoms with E-state index in [2.05, 4.69) is 97.1 Å². The van der Waals surface area contributed by atoms with Crippen molar-refractivity contribution in [3.63, 3.8) is 0 Å². The fraction of sp³-hybridized carbons (Fsp3) is 0. The fourth-order valence-corrected chi connectivity index (χ4v) is 6.26. The van der Waals surface area contributed by atoms with Crippen LogP contribution in [0.15, 0.2) is 117 Å². The lowest BCUT2D eigenvalue weighted by molar-refractivity contribution is 1.16. The summed E-state index contributed by atoms with van der Waals surface area (Å²) in [5, 5.41) is 5.22. The van der Waals surface area contributed by atoms with Crippen LogP contribution in [-0.4, -0.2) is 0 Å². The van der Waals surface area contributed by atoms with E-state index in [4.69, 9.17) is 0 Å². The van der Waals surface area contributed by atoms with Gasteiger partial charge in [0, 0.05) is 19.6 Å². The highest BCUT2D eigenvalue weighted by atomic mass is 32.2. The smallest absolute Gasteiger partial charge is 0.0268 e. The Morgan fingerprint density at radius 2 is 0.964 bits per heavy atom. The second kappa shape index (κ2) is 6.44. The van der Waals surface area contributed by atoms with E-state index in [1.165, 1.54) is 52.3 Å². The lowest BCUT2D eigenvalue weighted by Crippen LogP contribution is -1.91. The largest absolute Gasteiger partial charge is 0.0877 e. The zero-order valence-electron chi connectivity index (χ0n) is 15.1. The topological polar surface area (TPSA) is 0 Å². The first-order chi connectivity index (χ1) is 13.9. The van der Waals surface area contributed by atoms with Crippen molar-refractivity contribution >= 4 is 45.1 Å². The second-order valence-corrected chi connectivity index (χ2v) is 9.17. The molecule has 1 heterocycles. The Labute approximate surface area is 172 Å². The van der Waals surface area contributed by atoms with Gasteiger partial charge in [-0.2, -0.15) is 0 Å². The van der Waals surface area contributed by atoms with E-state index >= 15 is 0 Å². The van der Waals surface area contributed by atoms with Gasteiger partial charge in [-0.15, -0.1) is 0 Å². The molecule has 0 aliphatic carbocycles. The van der Waals surface area contributed by atoms with Gasteiger partial charge in [0.1, 0.15) is 0 Å². The van der Waals surface area contributed by atoms with E-state index in [9.17, 15) is 0 Å². The number of rotatable bonds is 1. The molecule has 0 nitrogen and oxygen atoms in total. The van der Waals surface area contributed by atoms with Gasteiger partial charge in [0.2, 0.25) is 0 Å². The average molecular weight is 393 g/mol. The van der Waals surface area contributed by atoms with Crippen LogP contribution < -0.4 is 0 Å². The summed E-state index contributed by atoms with van der Waals surface area (Å²) in [6, 6.07) is 35.4. The van der Waals surface area contributed by atoms with E-state index < -0.39 is 0 Å². The summed E-state index contributed by atoms with van der Waals surface area (Å²) >= 11 is 3.75. The molecule has 0 saturated carbocycles. The standard InChI is InChI=1S/C26H16S2/c1-3-9-20-17(7-1)15-18-8-2-4-10-21(18)26(20)19-13-14-24-25(16-19)28-23-12-6-5-11-22(23)27-24/h1-16H. The first-order valence-electron chi connectivity index (χ1n) is 9.36. The lowest BCUT2D eigenvalue weighted by Gasteiger charge is -2.20. The van der Waals surface area contributed by atoms with Gasteiger partial charge in [-0.3, -0.25) is 0 Å². The molecule has 0 saturated heterocycles. The number of hydrogen-bond acceptors (Lipinski definition) is 2. The normalized spacial score (nSPS) is 12.7. The van der Waals surface area contributed by atoms with Crippen LogP contribution in [0.3, 0.4) is 0 Å². The van der Waals surface area contributed by atoms with Crippen molar-refractivity contribution in [2.75, 3.05) is 0 Å². The predicted molar refractivity (Wildman–Crippen MR) is 122 cm³/mol. The third-order valence-electron chi connectivity index (χ3n) is 5.29. The first kappa shape index (κ1) is 16.3. The third-order valence-corrected chi connectivity index (χ3v) is 7.84. The molecule has 0 atom stereocenters. The first-order valence-corrected chi connectivity index (χ1v) is 11.0. The minimum Gasteiger partial charge on any atom is -0.0877 e. The number of benzene rings is 5. The highest BCUT2D eigenvalue weighted by molar-refractivity contribution is 8.05. The summed E-state index contributed by atoms with van der Waals surface area (Å²) in [7, 11) is 0. The van der Waals surface area contributed by atoms with E-state index in [1.54, 1.807) is 0 Å². The molecule has 0 N–H and O–H groups in total. The highest BCUT2D eigenvalue weighted by Gasteiger charge is 2.18. The van der Waals surface area contributed by atoms with Crippen molar-refractivity contribution in [1.82, 2.24) is 0 Å². The molecule has 6 rings (SSSR count). The Morgan fingerprint density at radius 1 is 0.429 bits per heavy atom. The van der Waals surface area contributed by atoms with Gasteiger partial charge in [0.15, 0.2) is 0 Å². The van der Waals surface area contributed by atoms with E-state index in [1.807, 2.05) is 23.5 Å². The molecule has 1 aliphatic rings. The molecular formula is C26H16S2. The average Bonchev–Trinajstić information content (AvgIpc) is 2.75. The Bertz CT molecular complexity index is 1310. The van der Waals surface area contributed by atoms with Crippen LogP contribution in [0.2, 0.25) is 0 Å². The number of fused-ring (bicyclic) bond motifs is 4. The SMILES string of the molecule is c1ccc2c(c1)Sc1ccc(-c3c4ccccc4cc4ccccc34)cc1S2. The zero-order valence-corrected chi connectivity index (χ0v) is 16.7. The molecular weight excluding hydrogens is 376 g/mol. The quantitative estimate of drug-likeness (QED) is 0.258. The third kappa shape index (κ3) is 2.56. The molecule has 28 heavy (non-hydrogen) atoms. The Kier molecular flexibility index (Phi) is 3.75. The fourth-order valence-electron chi connectivity index (χ4n) is 4.01. The molecule has 5 aromatic carbocycles. The molecule has 0 bridgehead atoms. The summed E-state index contributed by atoms with van der Waals surface area (Å²) in [6.07, 6.45) is 0. The second-order valence-electron chi connectivity index (χ2n) is 7.01. The predicted octanol–water partition coefficient (Wildman–Crippen LogP) is 8.28. The monoisotopic (exact) mass is 392 g/mol. The summed E-state index contributed by atoms with van der Waals surface area (Å²) in [5.74, 6) is 0. The van der Waals surface area contributed by atoms with Crippen LogP contribution in [0.25, 0.3) is 32.7 Å². The van der Waals surface area contributed by atoms with Crippen LogP contribution in [0.1, 0.15) is 0 Å². The molecule has 0 spiro atoms. The van der Waals surface area contributed by atoms with Crippen molar-refractivity contribution in [3.8, 4) is 11.1 Å². The zero-order chi connectivity index (χ0) is 18.5. The van der Waals surface area contributed by atoms with Crippen LogP contribution in [0.4, 0.5) is 0 Å². The molecule has 132 valence electrons. The summed E-state index contributed by atoms with van der Waals surface area (Å²) in [4.78, 5) is 5.39. The maximum atomic E-state index is 2.37. The van der Waals surface area contributed by atoms with Crippen LogP contribution in [-0.2, 0) is 0 Å². The Balaban J connectivity index is 1.60. The summed E-state index contributed by atoms with van der Waals surface area (Å²) in [6.45, 7) is 0. The van der Waals surface area contributed by atoms with Gasteiger partial charge >= 0.3 is 0 Å². The maximum Gasteiger partial charge on any atom is 0.0268 e. The van der Waals surface area contributed by atoms with Crippen molar-refractivity contribution in [3.05, 3.63) is 97.1 Å². The highest BCUT2D eigenvalue weighted by Crippen LogP contribution is 2.50. The van der Waals surface area contributed by atoms with Gasteiger partial charge in [0.05, 0.1) is 0 Å². The van der Waals surface area contributed by atoms with Gasteiger partial charge in [-0.1, -0.05) is 90.3 Å². The van der Waals surface area contributed by atoms with Crippen LogP contribution in [0.5, 0.6) is 0 Å². The summed E-state index contributed by atoms with van der Waals surface area (Å²) < 4.78 is 0. The van der Waals surface area contributed by atoms with E-state index in [-0.39, 0.29) is 0 Å².